The summed E-state index contributed by atoms with van der Waals surface area (Å²) in [5.74, 6) is 0.931. The molecule has 0 fully saturated rings. The highest BCUT2D eigenvalue weighted by molar-refractivity contribution is 8.02. The van der Waals surface area contributed by atoms with Gasteiger partial charge in [0.1, 0.15) is 5.82 Å². The molecule has 0 saturated carbocycles. The summed E-state index contributed by atoms with van der Waals surface area (Å²) in [5, 5.41) is -0.0836. The molecular weight excluding hydrogens is 264 g/mol. The van der Waals surface area contributed by atoms with Crippen LogP contribution in [0.15, 0.2) is 34.7 Å². The van der Waals surface area contributed by atoms with Gasteiger partial charge in [-0.1, -0.05) is 49.0 Å². The molecule has 0 bridgehead atoms. The summed E-state index contributed by atoms with van der Waals surface area (Å²) in [5.41, 5.74) is 0.762. The van der Waals surface area contributed by atoms with Crippen LogP contribution in [0, 0.1) is 6.92 Å². The topological polar surface area (TPSA) is 42.9 Å². The van der Waals surface area contributed by atoms with Crippen LogP contribution in [0.4, 0.5) is 0 Å². The van der Waals surface area contributed by atoms with E-state index in [1.807, 2.05) is 44.2 Å². The van der Waals surface area contributed by atoms with Gasteiger partial charge >= 0.3 is 0 Å². The Morgan fingerprint density at radius 3 is 2.67 bits per heavy atom. The molecule has 0 aliphatic carbocycles. The van der Waals surface area contributed by atoms with Crippen LogP contribution in [0.1, 0.15) is 29.5 Å². The molecule has 2 aromatic rings. The lowest BCUT2D eigenvalue weighted by Crippen LogP contribution is -2.16. The number of rotatable bonds is 5. The van der Waals surface area contributed by atoms with E-state index in [1.165, 1.54) is 23.3 Å². The third kappa shape index (κ3) is 3.17. The molecule has 1 atom stereocenters. The van der Waals surface area contributed by atoms with Crippen molar-refractivity contribution in [3.63, 3.8) is 0 Å². The van der Waals surface area contributed by atoms with Crippen LogP contribution >= 0.6 is 23.3 Å². The Kier molecular flexibility index (Phi) is 4.49. The molecule has 2 rings (SSSR count). The Bertz CT molecular complexity index is 525. The first kappa shape index (κ1) is 13.2. The van der Waals surface area contributed by atoms with Gasteiger partial charge in [0.25, 0.3) is 0 Å². The molecule has 18 heavy (non-hydrogen) atoms. The lowest BCUT2D eigenvalue weighted by Gasteiger charge is -2.11. The van der Waals surface area contributed by atoms with E-state index in [1.54, 1.807) is 0 Å². The maximum atomic E-state index is 12.3. The number of carbonyl (C=O) groups excluding carboxylic acids is 1. The van der Waals surface area contributed by atoms with Crippen LogP contribution in [-0.4, -0.2) is 20.4 Å². The van der Waals surface area contributed by atoms with Crippen molar-refractivity contribution in [1.29, 1.82) is 0 Å². The van der Waals surface area contributed by atoms with E-state index in [9.17, 15) is 4.79 Å². The molecule has 1 aromatic heterocycles. The highest BCUT2D eigenvalue weighted by Crippen LogP contribution is 2.29. The Hall–Kier alpha value is -1.20. The van der Waals surface area contributed by atoms with E-state index in [2.05, 4.69) is 9.36 Å². The lowest BCUT2D eigenvalue weighted by atomic mass is 10.1. The highest BCUT2D eigenvalue weighted by atomic mass is 32.2. The number of aromatic nitrogens is 2. The molecule has 1 aromatic carbocycles. The van der Waals surface area contributed by atoms with Crippen LogP contribution in [-0.2, 0) is 0 Å². The predicted molar refractivity (Wildman–Crippen MR) is 75.4 cm³/mol. The van der Waals surface area contributed by atoms with Crippen molar-refractivity contribution in [1.82, 2.24) is 9.36 Å². The lowest BCUT2D eigenvalue weighted by molar-refractivity contribution is 0.0988. The smallest absolute Gasteiger partial charge is 0.176 e. The molecule has 0 aliphatic heterocycles. The summed E-state index contributed by atoms with van der Waals surface area (Å²) in [6.45, 7) is 3.88. The number of hydrogen-bond acceptors (Lipinski definition) is 5. The van der Waals surface area contributed by atoms with Crippen molar-refractivity contribution >= 4 is 29.1 Å². The Balaban J connectivity index is 2.12. The van der Waals surface area contributed by atoms with Gasteiger partial charge in [-0.25, -0.2) is 4.98 Å². The van der Waals surface area contributed by atoms with Crippen molar-refractivity contribution in [3.8, 4) is 0 Å². The fourth-order valence-electron chi connectivity index (χ4n) is 1.56. The van der Waals surface area contributed by atoms with Crippen LogP contribution in [0.2, 0.25) is 0 Å². The van der Waals surface area contributed by atoms with Crippen LogP contribution in [0.3, 0.4) is 0 Å². The van der Waals surface area contributed by atoms with Crippen molar-refractivity contribution in [2.75, 3.05) is 0 Å². The first-order valence-corrected chi connectivity index (χ1v) is 7.42. The molecule has 0 saturated heterocycles. The van der Waals surface area contributed by atoms with Gasteiger partial charge in [0.2, 0.25) is 0 Å². The molecular formula is C13H14N2OS2. The minimum atomic E-state index is -0.0836. The summed E-state index contributed by atoms with van der Waals surface area (Å²) >= 11 is 2.86. The van der Waals surface area contributed by atoms with Gasteiger partial charge in [-0.3, -0.25) is 4.79 Å². The largest absolute Gasteiger partial charge is 0.293 e. The Morgan fingerprint density at radius 1 is 1.39 bits per heavy atom. The summed E-state index contributed by atoms with van der Waals surface area (Å²) in [6.07, 6.45) is 0.789. The van der Waals surface area contributed by atoms with Crippen LogP contribution < -0.4 is 0 Å². The van der Waals surface area contributed by atoms with Gasteiger partial charge in [0.15, 0.2) is 10.1 Å². The molecule has 5 heteroatoms. The fraction of sp³-hybridized carbons (Fsp3) is 0.308. The fourth-order valence-corrected chi connectivity index (χ4v) is 3.45. The Morgan fingerprint density at radius 2 is 2.11 bits per heavy atom. The number of Topliss-reactive ketones (excluding diaryl/α,β-unsaturated/α-hetero) is 1. The van der Waals surface area contributed by atoms with Gasteiger partial charge in [-0.2, -0.15) is 4.37 Å². The number of ketones is 1. The van der Waals surface area contributed by atoms with Gasteiger partial charge in [0, 0.05) is 5.56 Å². The molecule has 1 unspecified atom stereocenters. The minimum absolute atomic E-state index is 0.0836. The van der Waals surface area contributed by atoms with E-state index in [-0.39, 0.29) is 11.0 Å². The number of carbonyl (C=O) groups is 1. The van der Waals surface area contributed by atoms with Crippen LogP contribution in [0.25, 0.3) is 0 Å². The van der Waals surface area contributed by atoms with Gasteiger partial charge in [0.05, 0.1) is 5.25 Å². The second kappa shape index (κ2) is 6.11. The number of benzene rings is 1. The first-order chi connectivity index (χ1) is 8.70. The van der Waals surface area contributed by atoms with Crippen molar-refractivity contribution in [2.45, 2.75) is 29.9 Å². The summed E-state index contributed by atoms with van der Waals surface area (Å²) in [7, 11) is 0. The second-order valence-electron chi connectivity index (χ2n) is 3.85. The summed E-state index contributed by atoms with van der Waals surface area (Å²) < 4.78 is 5.00. The van der Waals surface area contributed by atoms with Crippen LogP contribution in [0.5, 0.6) is 0 Å². The molecule has 0 amide bonds. The first-order valence-electron chi connectivity index (χ1n) is 5.77. The third-order valence-electron chi connectivity index (χ3n) is 2.47. The number of hydrogen-bond donors (Lipinski definition) is 0. The van der Waals surface area contributed by atoms with Crippen molar-refractivity contribution in [3.05, 3.63) is 41.7 Å². The summed E-state index contributed by atoms with van der Waals surface area (Å²) in [4.78, 5) is 16.6. The second-order valence-corrected chi connectivity index (χ2v) is 6.05. The monoisotopic (exact) mass is 278 g/mol. The van der Waals surface area contributed by atoms with Gasteiger partial charge in [-0.15, -0.1) is 0 Å². The number of nitrogens with zero attached hydrogens (tertiary/aromatic N) is 2. The van der Waals surface area contributed by atoms with Gasteiger partial charge < -0.3 is 0 Å². The number of aryl methyl sites for hydroxylation is 1. The van der Waals surface area contributed by atoms with E-state index < -0.39 is 0 Å². The predicted octanol–water partition coefficient (Wildman–Crippen LogP) is 3.60. The van der Waals surface area contributed by atoms with E-state index in [0.717, 1.165) is 22.1 Å². The maximum Gasteiger partial charge on any atom is 0.176 e. The molecule has 0 spiro atoms. The minimum Gasteiger partial charge on any atom is -0.293 e. The molecule has 94 valence electrons. The Labute approximate surface area is 115 Å². The molecule has 1 heterocycles. The zero-order valence-corrected chi connectivity index (χ0v) is 11.9. The van der Waals surface area contributed by atoms with E-state index in [4.69, 9.17) is 0 Å². The quantitative estimate of drug-likeness (QED) is 0.619. The zero-order chi connectivity index (χ0) is 13.0. The van der Waals surface area contributed by atoms with E-state index >= 15 is 0 Å². The normalized spacial score (nSPS) is 12.3. The summed E-state index contributed by atoms with van der Waals surface area (Å²) in [6, 6.07) is 9.41. The average molecular weight is 278 g/mol. The maximum absolute atomic E-state index is 12.3. The molecule has 0 N–H and O–H groups in total. The number of thioether (sulfide) groups is 1. The molecule has 3 nitrogen and oxygen atoms in total. The highest BCUT2D eigenvalue weighted by Gasteiger charge is 2.20. The SMILES string of the molecule is CCC(Sc1nc(C)ns1)C(=O)c1ccccc1. The molecule has 0 radical (unpaired) electrons. The average Bonchev–Trinajstić information content (AvgIpc) is 2.82. The van der Waals surface area contributed by atoms with Crippen molar-refractivity contribution in [2.24, 2.45) is 0 Å². The standard InChI is InChI=1S/C13H14N2OS2/c1-3-11(17-13-14-9(2)15-18-13)12(16)10-7-5-4-6-8-10/h4-8,11H,3H2,1-2H3. The molecule has 0 aliphatic rings. The third-order valence-corrected chi connectivity index (χ3v) is 4.71. The van der Waals surface area contributed by atoms with E-state index in [0.29, 0.717) is 0 Å². The van der Waals surface area contributed by atoms with Gasteiger partial charge in [-0.05, 0) is 24.9 Å². The zero-order valence-electron chi connectivity index (χ0n) is 10.3. The van der Waals surface area contributed by atoms with Crippen molar-refractivity contribution < 1.29 is 4.79 Å².